The lowest BCUT2D eigenvalue weighted by Gasteiger charge is -2.11. The van der Waals surface area contributed by atoms with Crippen molar-refractivity contribution in [1.82, 2.24) is 4.98 Å². The molecule has 0 atom stereocenters. The first-order chi connectivity index (χ1) is 12.2. The first-order valence-corrected chi connectivity index (χ1v) is 7.49. The summed E-state index contributed by atoms with van der Waals surface area (Å²) in [6, 6.07) is 15.3. The third-order valence-electron chi connectivity index (χ3n) is 3.43. The van der Waals surface area contributed by atoms with Gasteiger partial charge in [0, 0.05) is 11.9 Å². The molecule has 0 aliphatic heterocycles. The van der Waals surface area contributed by atoms with Gasteiger partial charge in [0.25, 0.3) is 5.91 Å². The highest BCUT2D eigenvalue weighted by Crippen LogP contribution is 2.31. The van der Waals surface area contributed by atoms with Gasteiger partial charge >= 0.3 is 0 Å². The van der Waals surface area contributed by atoms with E-state index in [9.17, 15) is 9.18 Å². The molecule has 3 aromatic rings. The molecule has 1 amide bonds. The second kappa shape index (κ2) is 7.44. The molecule has 0 radical (unpaired) electrons. The van der Waals surface area contributed by atoms with Gasteiger partial charge in [0.1, 0.15) is 5.75 Å². The van der Waals surface area contributed by atoms with Crippen molar-refractivity contribution < 1.29 is 18.7 Å². The fourth-order valence-electron chi connectivity index (χ4n) is 2.19. The van der Waals surface area contributed by atoms with Crippen molar-refractivity contribution in [3.05, 3.63) is 78.4 Å². The number of hydrogen-bond acceptors (Lipinski definition) is 4. The number of hydrogen-bond donors (Lipinski definition) is 1. The topological polar surface area (TPSA) is 60.5 Å². The Balaban J connectivity index is 1.70. The fourth-order valence-corrected chi connectivity index (χ4v) is 2.19. The standard InChI is InChI=1S/C19H15FN2O3/c1-24-17-4-2-3-5-18(17)25-14-8-6-13(7-9-14)22-19(23)15-10-11-21-12-16(15)20/h2-12H,1H3,(H,22,23). The number of carbonyl (C=O) groups is 1. The van der Waals surface area contributed by atoms with Crippen LogP contribution >= 0.6 is 0 Å². The van der Waals surface area contributed by atoms with Gasteiger partial charge in [0.15, 0.2) is 17.3 Å². The van der Waals surface area contributed by atoms with Crippen LogP contribution in [0.1, 0.15) is 10.4 Å². The number of rotatable bonds is 5. The van der Waals surface area contributed by atoms with Crippen molar-refractivity contribution in [1.29, 1.82) is 0 Å². The van der Waals surface area contributed by atoms with Crippen molar-refractivity contribution in [2.75, 3.05) is 12.4 Å². The zero-order valence-corrected chi connectivity index (χ0v) is 13.4. The molecule has 1 aromatic heterocycles. The van der Waals surface area contributed by atoms with Crippen LogP contribution in [0.4, 0.5) is 10.1 Å². The minimum Gasteiger partial charge on any atom is -0.493 e. The predicted molar refractivity (Wildman–Crippen MR) is 91.7 cm³/mol. The van der Waals surface area contributed by atoms with E-state index < -0.39 is 11.7 Å². The first kappa shape index (κ1) is 16.4. The second-order valence-electron chi connectivity index (χ2n) is 5.09. The Morgan fingerprint density at radius 3 is 2.44 bits per heavy atom. The van der Waals surface area contributed by atoms with Crippen LogP contribution in [0.2, 0.25) is 0 Å². The molecule has 2 aromatic carbocycles. The molecule has 1 N–H and O–H groups in total. The predicted octanol–water partition coefficient (Wildman–Crippen LogP) is 4.27. The normalized spacial score (nSPS) is 10.2. The molecular formula is C19H15FN2O3. The van der Waals surface area contributed by atoms with E-state index in [1.54, 1.807) is 43.5 Å². The van der Waals surface area contributed by atoms with Crippen molar-refractivity contribution in [2.45, 2.75) is 0 Å². The number of benzene rings is 2. The van der Waals surface area contributed by atoms with Crippen LogP contribution in [-0.2, 0) is 0 Å². The quantitative estimate of drug-likeness (QED) is 0.754. The van der Waals surface area contributed by atoms with Crippen LogP contribution < -0.4 is 14.8 Å². The Bertz CT molecular complexity index is 882. The number of para-hydroxylation sites is 2. The lowest BCUT2D eigenvalue weighted by Crippen LogP contribution is -2.13. The minimum atomic E-state index is -0.670. The molecule has 1 heterocycles. The van der Waals surface area contributed by atoms with E-state index in [1.807, 2.05) is 12.1 Å². The Morgan fingerprint density at radius 2 is 1.76 bits per heavy atom. The van der Waals surface area contributed by atoms with Crippen molar-refractivity contribution in [3.8, 4) is 17.2 Å². The number of ether oxygens (including phenoxy) is 2. The van der Waals surface area contributed by atoms with Crippen molar-refractivity contribution in [3.63, 3.8) is 0 Å². The van der Waals surface area contributed by atoms with Gasteiger partial charge in [-0.1, -0.05) is 12.1 Å². The summed E-state index contributed by atoms with van der Waals surface area (Å²) in [5, 5.41) is 2.63. The van der Waals surface area contributed by atoms with Crippen LogP contribution in [0.15, 0.2) is 67.0 Å². The third kappa shape index (κ3) is 3.92. The van der Waals surface area contributed by atoms with E-state index in [4.69, 9.17) is 9.47 Å². The summed E-state index contributed by atoms with van der Waals surface area (Å²) in [6.45, 7) is 0. The highest BCUT2D eigenvalue weighted by atomic mass is 19.1. The van der Waals surface area contributed by atoms with Gasteiger partial charge in [-0.05, 0) is 42.5 Å². The Kier molecular flexibility index (Phi) is 4.89. The Labute approximate surface area is 144 Å². The molecule has 0 fully saturated rings. The van der Waals surface area contributed by atoms with E-state index in [2.05, 4.69) is 10.3 Å². The number of pyridine rings is 1. The number of amides is 1. The fraction of sp³-hybridized carbons (Fsp3) is 0.0526. The minimum absolute atomic E-state index is 0.0654. The summed E-state index contributed by atoms with van der Waals surface area (Å²) < 4.78 is 24.6. The Morgan fingerprint density at radius 1 is 1.04 bits per heavy atom. The number of anilines is 1. The maximum Gasteiger partial charge on any atom is 0.258 e. The van der Waals surface area contributed by atoms with Gasteiger partial charge in [0.2, 0.25) is 0 Å². The molecule has 6 heteroatoms. The number of aromatic nitrogens is 1. The van der Waals surface area contributed by atoms with Crippen LogP contribution in [0, 0.1) is 5.82 Å². The molecule has 0 unspecified atom stereocenters. The van der Waals surface area contributed by atoms with Gasteiger partial charge in [-0.3, -0.25) is 9.78 Å². The second-order valence-corrected chi connectivity index (χ2v) is 5.09. The lowest BCUT2D eigenvalue weighted by molar-refractivity contribution is 0.102. The largest absolute Gasteiger partial charge is 0.493 e. The van der Waals surface area contributed by atoms with Gasteiger partial charge in [0.05, 0.1) is 18.9 Å². The molecule has 0 spiro atoms. The maximum absolute atomic E-state index is 13.6. The maximum atomic E-state index is 13.6. The van der Waals surface area contributed by atoms with Crippen LogP contribution in [0.25, 0.3) is 0 Å². The Hall–Kier alpha value is -3.41. The smallest absolute Gasteiger partial charge is 0.258 e. The average molecular weight is 338 g/mol. The van der Waals surface area contributed by atoms with E-state index >= 15 is 0 Å². The monoisotopic (exact) mass is 338 g/mol. The number of methoxy groups -OCH3 is 1. The summed E-state index contributed by atoms with van der Waals surface area (Å²) in [7, 11) is 1.57. The van der Waals surface area contributed by atoms with Crippen LogP contribution in [0.5, 0.6) is 17.2 Å². The van der Waals surface area contributed by atoms with E-state index in [0.717, 1.165) is 6.20 Å². The zero-order chi connectivity index (χ0) is 17.6. The third-order valence-corrected chi connectivity index (χ3v) is 3.43. The van der Waals surface area contributed by atoms with E-state index in [-0.39, 0.29) is 5.56 Å². The SMILES string of the molecule is COc1ccccc1Oc1ccc(NC(=O)c2ccncc2F)cc1. The number of carbonyl (C=O) groups excluding carboxylic acids is 1. The highest BCUT2D eigenvalue weighted by Gasteiger charge is 2.11. The zero-order valence-electron chi connectivity index (χ0n) is 13.4. The van der Waals surface area contributed by atoms with E-state index in [0.29, 0.717) is 22.9 Å². The molecule has 126 valence electrons. The molecular weight excluding hydrogens is 323 g/mol. The van der Waals surface area contributed by atoms with Gasteiger partial charge in [-0.25, -0.2) is 4.39 Å². The van der Waals surface area contributed by atoms with Crippen LogP contribution in [-0.4, -0.2) is 18.0 Å². The van der Waals surface area contributed by atoms with E-state index in [1.165, 1.54) is 12.3 Å². The number of nitrogens with zero attached hydrogens (tertiary/aromatic N) is 1. The molecule has 0 aliphatic rings. The molecule has 3 rings (SSSR count). The lowest BCUT2D eigenvalue weighted by atomic mass is 10.2. The van der Waals surface area contributed by atoms with Crippen LogP contribution in [0.3, 0.4) is 0 Å². The molecule has 5 nitrogen and oxygen atoms in total. The first-order valence-electron chi connectivity index (χ1n) is 7.49. The van der Waals surface area contributed by atoms with Gasteiger partial charge < -0.3 is 14.8 Å². The summed E-state index contributed by atoms with van der Waals surface area (Å²) in [5.41, 5.74) is 0.456. The van der Waals surface area contributed by atoms with Gasteiger partial charge in [-0.15, -0.1) is 0 Å². The van der Waals surface area contributed by atoms with Crippen molar-refractivity contribution in [2.24, 2.45) is 0 Å². The molecule has 0 bridgehead atoms. The van der Waals surface area contributed by atoms with Gasteiger partial charge in [-0.2, -0.15) is 0 Å². The molecule has 0 saturated carbocycles. The summed E-state index contributed by atoms with van der Waals surface area (Å²) in [6.07, 6.45) is 2.36. The molecule has 25 heavy (non-hydrogen) atoms. The number of nitrogens with one attached hydrogen (secondary N) is 1. The molecule has 0 saturated heterocycles. The number of halogens is 1. The molecule has 0 aliphatic carbocycles. The average Bonchev–Trinajstić information content (AvgIpc) is 2.64. The summed E-state index contributed by atoms with van der Waals surface area (Å²) in [4.78, 5) is 15.7. The highest BCUT2D eigenvalue weighted by molar-refractivity contribution is 6.04. The summed E-state index contributed by atoms with van der Waals surface area (Å²) >= 11 is 0. The van der Waals surface area contributed by atoms with Crippen molar-refractivity contribution >= 4 is 11.6 Å². The summed E-state index contributed by atoms with van der Waals surface area (Å²) in [5.74, 6) is 0.570.